The van der Waals surface area contributed by atoms with Gasteiger partial charge >= 0.3 is 0 Å². The molecule has 0 N–H and O–H groups in total. The molecule has 4 heteroatoms. The van der Waals surface area contributed by atoms with Crippen LogP contribution in [-0.4, -0.2) is 11.3 Å². The van der Waals surface area contributed by atoms with Crippen LogP contribution < -0.4 is 26.2 Å². The first-order valence-electron chi connectivity index (χ1n) is 46.7. The second kappa shape index (κ2) is 28.9. The Kier molecular flexibility index (Phi) is 18.9. The molecule has 0 unspecified atom stereocenters. The van der Waals surface area contributed by atoms with Crippen LogP contribution in [0.4, 0.5) is 34.1 Å². The van der Waals surface area contributed by atoms with Gasteiger partial charge in [-0.15, -0.1) is 0 Å². The van der Waals surface area contributed by atoms with E-state index in [-0.39, 0.29) is 83.9 Å². The average Bonchev–Trinajstić information content (AvgIpc) is 0.840. The van der Waals surface area contributed by atoms with Crippen LogP contribution in [0.3, 0.4) is 0 Å². The minimum atomic E-state index is -0.495. The Labute approximate surface area is 730 Å². The highest BCUT2D eigenvalue weighted by molar-refractivity contribution is 7.00. The molecule has 0 spiro atoms. The van der Waals surface area contributed by atoms with E-state index in [1.54, 1.807) is 0 Å². The fourth-order valence-corrected chi connectivity index (χ4v) is 18.3. The molecule has 0 radical (unpaired) electrons. The fraction of sp³-hybridized carbons (Fsp3) is 0.379. The predicted molar refractivity (Wildman–Crippen MR) is 528 cm³/mol. The maximum atomic E-state index is 9.95. The van der Waals surface area contributed by atoms with E-state index in [0.29, 0.717) is 5.56 Å². The summed E-state index contributed by atoms with van der Waals surface area (Å²) >= 11 is 0. The van der Waals surface area contributed by atoms with Gasteiger partial charge in [-0.2, -0.15) is 0 Å². The maximum absolute atomic E-state index is 9.95. The van der Waals surface area contributed by atoms with E-state index < -0.39 is 18.2 Å². The van der Waals surface area contributed by atoms with Crippen LogP contribution in [0, 0.1) is 0 Å². The average molecular weight is 1590 g/mol. The SMILES string of the molecule is [2H]c1c([2H])c([2H])c(-c2ccc3c(c2)N(c2c(-c4cc(C(C)(C)C)cc(C(C)(C)C)c4)cc(C(C)(C)C)cc2-c2ccccc2C(C)(C)C)c2cc(C(C)(C)C)cc4c2B3c2ccc(-n3c5ccc(C(C)(C)C)cc5c5cc(C(C)(C)C)ccc53)cc2N4c2c(-c3ccc(C(C)(C)C)cc3)cc(C(C)(C)C)cc2-c2cc(C(C)(C)C)ccc2C(C)(C)C)c([2H])c1[2H]. The Bertz CT molecular complexity index is 6410. The quantitative estimate of drug-likeness (QED) is 0.141. The number of aromatic nitrogens is 1. The summed E-state index contributed by atoms with van der Waals surface area (Å²) in [4.78, 5) is 5.37. The van der Waals surface area contributed by atoms with Gasteiger partial charge in [0.05, 0.1) is 29.3 Å². The molecule has 15 rings (SSSR count). The van der Waals surface area contributed by atoms with Crippen molar-refractivity contribution in [2.45, 2.75) is 288 Å². The first kappa shape index (κ1) is 78.6. The van der Waals surface area contributed by atoms with Crippen molar-refractivity contribution in [3.8, 4) is 61.3 Å². The maximum Gasteiger partial charge on any atom is 0.252 e. The van der Waals surface area contributed by atoms with Gasteiger partial charge in [0.15, 0.2) is 0 Å². The topological polar surface area (TPSA) is 11.4 Å². The van der Waals surface area contributed by atoms with E-state index in [1.165, 1.54) is 72.0 Å². The van der Waals surface area contributed by atoms with Crippen molar-refractivity contribution in [3.63, 3.8) is 0 Å². The van der Waals surface area contributed by atoms with E-state index in [0.717, 1.165) is 112 Å². The highest BCUT2D eigenvalue weighted by Gasteiger charge is 2.48. The zero-order valence-electron chi connectivity index (χ0n) is 83.9. The van der Waals surface area contributed by atoms with E-state index in [2.05, 4.69) is 437 Å². The van der Waals surface area contributed by atoms with Crippen LogP contribution in [-0.2, 0) is 59.6 Å². The van der Waals surface area contributed by atoms with Crippen molar-refractivity contribution in [2.24, 2.45) is 0 Å². The van der Waals surface area contributed by atoms with Gasteiger partial charge in [-0.05, 0) is 249 Å². The van der Waals surface area contributed by atoms with Crippen LogP contribution in [0.2, 0.25) is 0 Å². The molecular weight excluding hydrogens is 1450 g/mol. The van der Waals surface area contributed by atoms with Gasteiger partial charge in [-0.3, -0.25) is 0 Å². The monoisotopic (exact) mass is 1590 g/mol. The number of benzene rings is 12. The minimum Gasteiger partial charge on any atom is -0.310 e. The van der Waals surface area contributed by atoms with Crippen LogP contribution in [0.15, 0.2) is 224 Å². The summed E-state index contributed by atoms with van der Waals surface area (Å²) in [6.07, 6.45) is 0. The lowest BCUT2D eigenvalue weighted by Crippen LogP contribution is -2.61. The number of nitrogens with zero attached hydrogens (tertiary/aromatic N) is 3. The van der Waals surface area contributed by atoms with Gasteiger partial charge in [0.2, 0.25) is 0 Å². The Morgan fingerprint density at radius 2 is 0.608 bits per heavy atom. The minimum absolute atomic E-state index is 0.122. The molecule has 0 aliphatic carbocycles. The first-order chi connectivity index (χ1) is 57.5. The molecule has 0 saturated carbocycles. The summed E-state index contributed by atoms with van der Waals surface area (Å²) in [5, 5.41) is 2.42. The number of anilines is 6. The standard InChI is InChI=1S/C116H136BN3/c1-106(2,3)75-46-43-72(44-47-75)86-64-81(112(19,20)21)67-92(88-61-76(107(4,5)6)48-52-94(88)116(31,32)33)104(86)120-100-70-84(118-97-55-49-77(108(7,8)9)62-89(97)90-63-78(109(10,11)12)50-56-98(90)118)51-54-96(100)117-95-53-45-73(71-39-35-34-36-40-71)59-99(95)119(101-68-83(114(25,26)27)69-102(120)103(101)117)105-87(74-57-79(110(13,14)15)60-80(58-74)111(16,17)18)65-82(113(22,23)24)66-91(105)85-41-37-38-42-93(85)115(28,29)30/h34-70H,1-33H3/i34D,35D,36D,39D,40D. The summed E-state index contributed by atoms with van der Waals surface area (Å²) in [6.45, 7) is 76.9. The van der Waals surface area contributed by atoms with E-state index in [9.17, 15) is 5.48 Å². The summed E-state index contributed by atoms with van der Waals surface area (Å²) in [6, 6.07) is 75.1. The van der Waals surface area contributed by atoms with Crippen LogP contribution >= 0.6 is 0 Å². The molecule has 2 aliphatic rings. The summed E-state index contributed by atoms with van der Waals surface area (Å²) in [5.41, 5.74) is 32.7. The molecule has 3 heterocycles. The predicted octanol–water partition coefficient (Wildman–Crippen LogP) is 31.5. The molecule has 0 atom stereocenters. The van der Waals surface area contributed by atoms with E-state index >= 15 is 0 Å². The van der Waals surface area contributed by atoms with Crippen LogP contribution in [0.5, 0.6) is 0 Å². The molecule has 2 aliphatic heterocycles. The van der Waals surface area contributed by atoms with Crippen molar-refractivity contribution in [1.82, 2.24) is 4.57 Å². The van der Waals surface area contributed by atoms with Gasteiger partial charge in [-0.25, -0.2) is 0 Å². The van der Waals surface area contributed by atoms with Gasteiger partial charge < -0.3 is 14.4 Å². The lowest BCUT2D eigenvalue weighted by atomic mass is 9.33. The molecule has 12 aromatic carbocycles. The smallest absolute Gasteiger partial charge is 0.252 e. The lowest BCUT2D eigenvalue weighted by molar-refractivity contribution is 0.569. The second-order valence-corrected chi connectivity index (χ2v) is 46.6. The van der Waals surface area contributed by atoms with Crippen LogP contribution in [0.1, 0.15) is 297 Å². The summed E-state index contributed by atoms with van der Waals surface area (Å²) in [7, 11) is 0. The van der Waals surface area contributed by atoms with Crippen molar-refractivity contribution in [2.75, 3.05) is 9.80 Å². The number of hydrogen-bond donors (Lipinski definition) is 0. The van der Waals surface area contributed by atoms with E-state index in [1.807, 2.05) is 0 Å². The third-order valence-electron chi connectivity index (χ3n) is 25.9. The Morgan fingerprint density at radius 1 is 0.242 bits per heavy atom. The Balaban J connectivity index is 1.23. The van der Waals surface area contributed by atoms with Crippen molar-refractivity contribution in [3.05, 3.63) is 286 Å². The van der Waals surface area contributed by atoms with Gasteiger partial charge in [0.1, 0.15) is 0 Å². The molecule has 1 aromatic heterocycles. The Hall–Kier alpha value is -9.90. The Morgan fingerprint density at radius 3 is 1.07 bits per heavy atom. The van der Waals surface area contributed by atoms with E-state index in [4.69, 9.17) is 1.37 Å². The van der Waals surface area contributed by atoms with Gasteiger partial charge in [-0.1, -0.05) is 374 Å². The highest BCUT2D eigenvalue weighted by atomic mass is 15.2. The molecule has 0 bridgehead atoms. The third kappa shape index (κ3) is 15.6. The molecule has 3 nitrogen and oxygen atoms in total. The molecule has 0 saturated heterocycles. The molecule has 13 aromatic rings. The zero-order valence-corrected chi connectivity index (χ0v) is 78.9. The first-order valence-corrected chi connectivity index (χ1v) is 44.2. The van der Waals surface area contributed by atoms with Crippen molar-refractivity contribution < 1.29 is 6.85 Å². The number of fused-ring (bicyclic) bond motifs is 7. The van der Waals surface area contributed by atoms with Crippen molar-refractivity contribution in [1.29, 1.82) is 0 Å². The third-order valence-corrected chi connectivity index (χ3v) is 25.9. The molecule has 618 valence electrons. The molecular formula is C116H136BN3. The van der Waals surface area contributed by atoms with Gasteiger partial charge in [0.25, 0.3) is 6.71 Å². The second-order valence-electron chi connectivity index (χ2n) is 46.6. The summed E-state index contributed by atoms with van der Waals surface area (Å²) < 4.78 is 50.3. The molecule has 120 heavy (non-hydrogen) atoms. The fourth-order valence-electron chi connectivity index (χ4n) is 18.3. The van der Waals surface area contributed by atoms with Crippen LogP contribution in [0.25, 0.3) is 83.1 Å². The van der Waals surface area contributed by atoms with Crippen molar-refractivity contribution >= 4 is 79.0 Å². The lowest BCUT2D eigenvalue weighted by Gasteiger charge is -2.47. The highest BCUT2D eigenvalue weighted by Crippen LogP contribution is 2.58. The largest absolute Gasteiger partial charge is 0.310 e. The molecule has 0 amide bonds. The van der Waals surface area contributed by atoms with Gasteiger partial charge in [0, 0.05) is 61.5 Å². The normalized spacial score (nSPS) is 14.6. The summed E-state index contributed by atoms with van der Waals surface area (Å²) in [5.74, 6) is 0. The number of rotatable bonds is 8. The zero-order chi connectivity index (χ0) is 91.5. The molecule has 0 fully saturated rings. The number of hydrogen-bond acceptors (Lipinski definition) is 2.